The first-order valence-corrected chi connectivity index (χ1v) is 7.00. The first-order chi connectivity index (χ1) is 7.59. The lowest BCUT2D eigenvalue weighted by Gasteiger charge is -2.10. The number of halogens is 4. The van der Waals surface area contributed by atoms with Gasteiger partial charge in [-0.2, -0.15) is 0 Å². The summed E-state index contributed by atoms with van der Waals surface area (Å²) < 4.78 is 27.2. The smallest absolute Gasteiger partial charge is 0.130 e. The van der Waals surface area contributed by atoms with Crippen LogP contribution in [-0.4, -0.2) is 0 Å². The maximum atomic E-state index is 13.5. The molecule has 0 fully saturated rings. The molecule has 1 aromatic carbocycles. The fraction of sp³-hybridized carbons (Fsp3) is 0.0909. The largest absolute Gasteiger partial charge is 0.207 e. The van der Waals surface area contributed by atoms with E-state index in [1.165, 1.54) is 23.5 Å². The highest BCUT2D eigenvalue weighted by atomic mass is 79.9. The summed E-state index contributed by atoms with van der Waals surface area (Å²) in [5, 5.41) is 1.91. The van der Waals surface area contributed by atoms with Crippen molar-refractivity contribution >= 4 is 43.2 Å². The Bertz CT molecular complexity index is 510. The van der Waals surface area contributed by atoms with E-state index in [2.05, 4.69) is 31.9 Å². The Morgan fingerprint density at radius 1 is 1.19 bits per heavy atom. The van der Waals surface area contributed by atoms with E-state index in [-0.39, 0.29) is 4.83 Å². The van der Waals surface area contributed by atoms with Crippen LogP contribution in [0.4, 0.5) is 8.78 Å². The van der Waals surface area contributed by atoms with Gasteiger partial charge < -0.3 is 0 Å². The van der Waals surface area contributed by atoms with Crippen LogP contribution < -0.4 is 0 Å². The molecule has 0 nitrogen and oxygen atoms in total. The molecule has 0 aliphatic heterocycles. The van der Waals surface area contributed by atoms with Crippen LogP contribution in [0.1, 0.15) is 15.3 Å². The molecule has 5 heteroatoms. The zero-order valence-electron chi connectivity index (χ0n) is 7.88. The zero-order chi connectivity index (χ0) is 11.7. The van der Waals surface area contributed by atoms with E-state index in [1.54, 1.807) is 0 Å². The minimum atomic E-state index is -0.564. The van der Waals surface area contributed by atoms with Gasteiger partial charge in [-0.1, -0.05) is 22.0 Å². The molecular weight excluding hydrogens is 362 g/mol. The number of thiophene rings is 1. The second kappa shape index (κ2) is 4.94. The van der Waals surface area contributed by atoms with Crippen molar-refractivity contribution in [3.8, 4) is 0 Å². The van der Waals surface area contributed by atoms with Gasteiger partial charge in [-0.05, 0) is 33.4 Å². The lowest BCUT2D eigenvalue weighted by atomic mass is 10.1. The van der Waals surface area contributed by atoms with Gasteiger partial charge >= 0.3 is 0 Å². The summed E-state index contributed by atoms with van der Waals surface area (Å²) in [6, 6.07) is 5.51. The minimum Gasteiger partial charge on any atom is -0.207 e. The predicted molar refractivity (Wildman–Crippen MR) is 69.1 cm³/mol. The molecule has 0 bridgehead atoms. The van der Waals surface area contributed by atoms with Crippen LogP contribution in [0.15, 0.2) is 34.1 Å². The highest BCUT2D eigenvalue weighted by Gasteiger charge is 2.18. The van der Waals surface area contributed by atoms with Gasteiger partial charge in [0.25, 0.3) is 0 Å². The van der Waals surface area contributed by atoms with Crippen LogP contribution in [0, 0.1) is 11.6 Å². The van der Waals surface area contributed by atoms with Crippen molar-refractivity contribution in [2.75, 3.05) is 0 Å². The highest BCUT2D eigenvalue weighted by molar-refractivity contribution is 9.11. The molecule has 1 heterocycles. The van der Waals surface area contributed by atoms with Gasteiger partial charge in [-0.25, -0.2) is 8.78 Å². The fourth-order valence-electron chi connectivity index (χ4n) is 1.33. The normalized spacial score (nSPS) is 12.8. The fourth-order valence-corrected chi connectivity index (χ4v) is 4.18. The Morgan fingerprint density at radius 3 is 2.50 bits per heavy atom. The Labute approximate surface area is 113 Å². The van der Waals surface area contributed by atoms with Crippen LogP contribution in [-0.2, 0) is 0 Å². The SMILES string of the molecule is Fc1ccc(C(Br)c2sccc2Br)c(F)c1. The molecular formula is C11H6Br2F2S. The molecule has 16 heavy (non-hydrogen) atoms. The van der Waals surface area contributed by atoms with Gasteiger partial charge in [0.2, 0.25) is 0 Å². The van der Waals surface area contributed by atoms with E-state index >= 15 is 0 Å². The number of hydrogen-bond acceptors (Lipinski definition) is 1. The first kappa shape index (κ1) is 12.2. The molecule has 0 amide bonds. The third-order valence-electron chi connectivity index (χ3n) is 2.11. The molecule has 0 N–H and O–H groups in total. The quantitative estimate of drug-likeness (QED) is 0.634. The van der Waals surface area contributed by atoms with Crippen molar-refractivity contribution in [3.05, 3.63) is 56.2 Å². The molecule has 1 aromatic heterocycles. The third-order valence-corrected chi connectivity index (χ3v) is 5.30. The number of hydrogen-bond donors (Lipinski definition) is 0. The summed E-state index contributed by atoms with van der Waals surface area (Å²) in [6.07, 6.45) is 0. The van der Waals surface area contributed by atoms with E-state index in [9.17, 15) is 8.78 Å². The van der Waals surface area contributed by atoms with Crippen LogP contribution >= 0.6 is 43.2 Å². The molecule has 0 spiro atoms. The Kier molecular flexibility index (Phi) is 3.77. The van der Waals surface area contributed by atoms with Crippen molar-refractivity contribution in [1.82, 2.24) is 0 Å². The second-order valence-electron chi connectivity index (χ2n) is 3.16. The average Bonchev–Trinajstić information content (AvgIpc) is 2.63. The monoisotopic (exact) mass is 366 g/mol. The van der Waals surface area contributed by atoms with E-state index in [0.717, 1.165) is 15.4 Å². The van der Waals surface area contributed by atoms with Crippen LogP contribution in [0.3, 0.4) is 0 Å². The van der Waals surface area contributed by atoms with Crippen molar-refractivity contribution in [1.29, 1.82) is 0 Å². The maximum absolute atomic E-state index is 13.5. The summed E-state index contributed by atoms with van der Waals surface area (Å²) in [6.45, 7) is 0. The lowest BCUT2D eigenvalue weighted by Crippen LogP contribution is -1.95. The van der Waals surface area contributed by atoms with Crippen LogP contribution in [0.25, 0.3) is 0 Å². The van der Waals surface area contributed by atoms with Gasteiger partial charge in [0.15, 0.2) is 0 Å². The van der Waals surface area contributed by atoms with E-state index < -0.39 is 11.6 Å². The summed E-state index contributed by atoms with van der Waals surface area (Å²) in [4.78, 5) is 0.702. The molecule has 1 atom stereocenters. The summed E-state index contributed by atoms with van der Waals surface area (Å²) in [5.74, 6) is -1.10. The average molecular weight is 368 g/mol. The zero-order valence-corrected chi connectivity index (χ0v) is 11.9. The summed E-state index contributed by atoms with van der Waals surface area (Å²) >= 11 is 8.32. The van der Waals surface area contributed by atoms with Crippen molar-refractivity contribution in [2.45, 2.75) is 4.83 Å². The topological polar surface area (TPSA) is 0 Å². The molecule has 0 radical (unpaired) electrons. The standard InChI is InChI=1S/C11H6Br2F2S/c12-8-3-4-16-11(8)10(13)7-2-1-6(14)5-9(7)15/h1-5,10H. The van der Waals surface area contributed by atoms with Gasteiger partial charge in [0.1, 0.15) is 11.6 Å². The van der Waals surface area contributed by atoms with Gasteiger partial charge in [-0.15, -0.1) is 11.3 Å². The summed E-state index contributed by atoms with van der Waals surface area (Å²) in [5.41, 5.74) is 0.435. The van der Waals surface area contributed by atoms with Gasteiger partial charge in [0, 0.05) is 21.0 Å². The van der Waals surface area contributed by atoms with Crippen molar-refractivity contribution in [2.24, 2.45) is 0 Å². The van der Waals surface area contributed by atoms with Crippen LogP contribution in [0.2, 0.25) is 0 Å². The molecule has 0 saturated heterocycles. The molecule has 0 aliphatic carbocycles. The third kappa shape index (κ3) is 2.36. The van der Waals surface area contributed by atoms with Gasteiger partial charge in [0.05, 0.1) is 4.83 Å². The van der Waals surface area contributed by atoms with Crippen molar-refractivity contribution in [3.63, 3.8) is 0 Å². The van der Waals surface area contributed by atoms with Gasteiger partial charge in [-0.3, -0.25) is 0 Å². The predicted octanol–water partition coefficient (Wildman–Crippen LogP) is 5.27. The second-order valence-corrected chi connectivity index (χ2v) is 5.88. The molecule has 2 aromatic rings. The number of rotatable bonds is 2. The van der Waals surface area contributed by atoms with E-state index in [1.807, 2.05) is 11.4 Å². The molecule has 1 unspecified atom stereocenters. The molecule has 0 aliphatic rings. The first-order valence-electron chi connectivity index (χ1n) is 4.41. The van der Waals surface area contributed by atoms with E-state index in [0.29, 0.717) is 5.56 Å². The molecule has 2 rings (SSSR count). The Hall–Kier alpha value is -0.260. The maximum Gasteiger partial charge on any atom is 0.130 e. The van der Waals surface area contributed by atoms with Crippen LogP contribution in [0.5, 0.6) is 0 Å². The minimum absolute atomic E-state index is 0.262. The molecule has 84 valence electrons. The Morgan fingerprint density at radius 2 is 1.94 bits per heavy atom. The Balaban J connectivity index is 2.41. The number of benzene rings is 1. The van der Waals surface area contributed by atoms with E-state index in [4.69, 9.17) is 0 Å². The van der Waals surface area contributed by atoms with Crippen molar-refractivity contribution < 1.29 is 8.78 Å². The lowest BCUT2D eigenvalue weighted by molar-refractivity contribution is 0.574. The summed E-state index contributed by atoms with van der Waals surface area (Å²) in [7, 11) is 0. The molecule has 0 saturated carbocycles. The number of alkyl halides is 1. The highest BCUT2D eigenvalue weighted by Crippen LogP contribution is 2.39.